The van der Waals surface area contributed by atoms with Crippen molar-refractivity contribution in [3.63, 3.8) is 0 Å². The molecule has 0 radical (unpaired) electrons. The number of carbonyl (C=O) groups is 1. The summed E-state index contributed by atoms with van der Waals surface area (Å²) < 4.78 is 14.0. The SMILES string of the molecule is Cn1cc(C(=O)Nc2ccc(F)nc2)cn1. The van der Waals surface area contributed by atoms with Gasteiger partial charge in [0.15, 0.2) is 0 Å². The van der Waals surface area contributed by atoms with Gasteiger partial charge in [0.25, 0.3) is 5.91 Å². The predicted octanol–water partition coefficient (Wildman–Crippen LogP) is 1.21. The number of carbonyl (C=O) groups excluding carboxylic acids is 1. The zero-order valence-electron chi connectivity index (χ0n) is 8.51. The lowest BCUT2D eigenvalue weighted by atomic mass is 10.3. The Labute approximate surface area is 90.9 Å². The largest absolute Gasteiger partial charge is 0.320 e. The van der Waals surface area contributed by atoms with Gasteiger partial charge in [-0.1, -0.05) is 0 Å². The van der Waals surface area contributed by atoms with Crippen LogP contribution in [0, 0.1) is 5.95 Å². The molecule has 0 aliphatic carbocycles. The molecule has 0 saturated carbocycles. The molecule has 1 amide bonds. The van der Waals surface area contributed by atoms with E-state index in [1.165, 1.54) is 29.2 Å². The van der Waals surface area contributed by atoms with Crippen LogP contribution < -0.4 is 5.32 Å². The molecule has 2 aromatic rings. The first-order chi connectivity index (χ1) is 7.65. The minimum Gasteiger partial charge on any atom is -0.320 e. The molecule has 0 bridgehead atoms. The third-order valence-electron chi connectivity index (χ3n) is 1.95. The Morgan fingerprint density at radius 2 is 2.25 bits per heavy atom. The second kappa shape index (κ2) is 4.09. The van der Waals surface area contributed by atoms with Crippen LogP contribution in [-0.2, 0) is 7.05 Å². The number of amides is 1. The monoisotopic (exact) mass is 220 g/mol. The summed E-state index contributed by atoms with van der Waals surface area (Å²) in [5.41, 5.74) is 0.877. The molecule has 1 N–H and O–H groups in total. The molecule has 0 spiro atoms. The summed E-state index contributed by atoms with van der Waals surface area (Å²) in [5.74, 6) is -0.888. The summed E-state index contributed by atoms with van der Waals surface area (Å²) in [5, 5.41) is 6.45. The maximum atomic E-state index is 12.5. The number of aromatic nitrogens is 3. The van der Waals surface area contributed by atoms with Gasteiger partial charge in [-0.3, -0.25) is 9.48 Å². The summed E-state index contributed by atoms with van der Waals surface area (Å²) >= 11 is 0. The molecule has 2 aromatic heterocycles. The molecule has 2 rings (SSSR count). The topological polar surface area (TPSA) is 59.8 Å². The van der Waals surface area contributed by atoms with Gasteiger partial charge in [0.1, 0.15) is 0 Å². The van der Waals surface area contributed by atoms with Crippen LogP contribution in [0.1, 0.15) is 10.4 Å². The molecule has 0 saturated heterocycles. The number of nitrogens with one attached hydrogen (secondary N) is 1. The quantitative estimate of drug-likeness (QED) is 0.774. The van der Waals surface area contributed by atoms with Gasteiger partial charge in [-0.05, 0) is 12.1 Å². The Morgan fingerprint density at radius 1 is 1.44 bits per heavy atom. The lowest BCUT2D eigenvalue weighted by Gasteiger charge is -2.01. The molecule has 0 aliphatic rings. The van der Waals surface area contributed by atoms with Crippen LogP contribution in [0.25, 0.3) is 0 Å². The first-order valence-corrected chi connectivity index (χ1v) is 4.57. The number of anilines is 1. The highest BCUT2D eigenvalue weighted by atomic mass is 19.1. The van der Waals surface area contributed by atoms with Crippen molar-refractivity contribution >= 4 is 11.6 Å². The highest BCUT2D eigenvalue weighted by Crippen LogP contribution is 2.07. The van der Waals surface area contributed by atoms with Crippen molar-refractivity contribution in [1.29, 1.82) is 0 Å². The van der Waals surface area contributed by atoms with Gasteiger partial charge >= 0.3 is 0 Å². The fourth-order valence-electron chi connectivity index (χ4n) is 1.19. The summed E-state index contributed by atoms with van der Waals surface area (Å²) in [6.45, 7) is 0. The van der Waals surface area contributed by atoms with E-state index in [1.54, 1.807) is 13.2 Å². The number of pyridine rings is 1. The van der Waals surface area contributed by atoms with Crippen molar-refractivity contribution in [2.75, 3.05) is 5.32 Å². The van der Waals surface area contributed by atoms with Gasteiger partial charge in [-0.15, -0.1) is 0 Å². The van der Waals surface area contributed by atoms with Crippen molar-refractivity contribution in [3.05, 3.63) is 42.2 Å². The smallest absolute Gasteiger partial charge is 0.258 e. The minimum atomic E-state index is -0.584. The Morgan fingerprint density at radius 3 is 2.81 bits per heavy atom. The molecular weight excluding hydrogens is 211 g/mol. The van der Waals surface area contributed by atoms with E-state index in [-0.39, 0.29) is 5.91 Å². The van der Waals surface area contributed by atoms with Crippen molar-refractivity contribution in [3.8, 4) is 0 Å². The summed E-state index contributed by atoms with van der Waals surface area (Å²) in [7, 11) is 1.72. The predicted molar refractivity (Wildman–Crippen MR) is 55.4 cm³/mol. The fraction of sp³-hybridized carbons (Fsp3) is 0.100. The van der Waals surface area contributed by atoms with Crippen LogP contribution in [0.15, 0.2) is 30.7 Å². The highest BCUT2D eigenvalue weighted by molar-refractivity contribution is 6.03. The van der Waals surface area contributed by atoms with E-state index in [1.807, 2.05) is 0 Å². The number of halogens is 1. The van der Waals surface area contributed by atoms with E-state index in [9.17, 15) is 9.18 Å². The van der Waals surface area contributed by atoms with E-state index in [4.69, 9.17) is 0 Å². The van der Waals surface area contributed by atoms with Crippen LogP contribution in [0.4, 0.5) is 10.1 Å². The third-order valence-corrected chi connectivity index (χ3v) is 1.95. The van der Waals surface area contributed by atoms with Crippen molar-refractivity contribution in [2.24, 2.45) is 7.05 Å². The van der Waals surface area contributed by atoms with Gasteiger partial charge in [-0.2, -0.15) is 9.49 Å². The molecule has 0 fully saturated rings. The Bertz CT molecular complexity index is 506. The van der Waals surface area contributed by atoms with Crippen LogP contribution in [0.5, 0.6) is 0 Å². The molecule has 0 aliphatic heterocycles. The van der Waals surface area contributed by atoms with Crippen molar-refractivity contribution < 1.29 is 9.18 Å². The summed E-state index contributed by atoms with van der Waals surface area (Å²) in [6.07, 6.45) is 4.29. The van der Waals surface area contributed by atoms with E-state index in [0.29, 0.717) is 11.3 Å². The molecule has 0 unspecified atom stereocenters. The second-order valence-corrected chi connectivity index (χ2v) is 3.23. The van der Waals surface area contributed by atoms with Crippen molar-refractivity contribution in [1.82, 2.24) is 14.8 Å². The van der Waals surface area contributed by atoms with Crippen LogP contribution in [-0.4, -0.2) is 20.7 Å². The normalized spacial score (nSPS) is 10.1. The number of nitrogens with zero attached hydrogens (tertiary/aromatic N) is 3. The average molecular weight is 220 g/mol. The molecular formula is C10H9FN4O. The molecule has 2 heterocycles. The zero-order chi connectivity index (χ0) is 11.5. The molecule has 0 aromatic carbocycles. The molecule has 16 heavy (non-hydrogen) atoms. The summed E-state index contributed by atoms with van der Waals surface area (Å²) in [6, 6.07) is 2.62. The van der Waals surface area contributed by atoms with E-state index >= 15 is 0 Å². The van der Waals surface area contributed by atoms with E-state index < -0.39 is 5.95 Å². The van der Waals surface area contributed by atoms with Gasteiger partial charge in [-0.25, -0.2) is 4.98 Å². The maximum Gasteiger partial charge on any atom is 0.258 e. The van der Waals surface area contributed by atoms with Gasteiger partial charge in [0.05, 0.1) is 23.6 Å². The minimum absolute atomic E-state index is 0.304. The van der Waals surface area contributed by atoms with E-state index in [2.05, 4.69) is 15.4 Å². The Hall–Kier alpha value is -2.24. The Kier molecular flexibility index (Phi) is 2.63. The Balaban J connectivity index is 2.10. The van der Waals surface area contributed by atoms with E-state index in [0.717, 1.165) is 0 Å². The zero-order valence-corrected chi connectivity index (χ0v) is 8.51. The first-order valence-electron chi connectivity index (χ1n) is 4.57. The molecule has 6 heteroatoms. The van der Waals surface area contributed by atoms with Crippen LogP contribution in [0.2, 0.25) is 0 Å². The second-order valence-electron chi connectivity index (χ2n) is 3.23. The fourth-order valence-corrected chi connectivity index (χ4v) is 1.19. The van der Waals surface area contributed by atoms with Crippen LogP contribution >= 0.6 is 0 Å². The highest BCUT2D eigenvalue weighted by Gasteiger charge is 2.07. The van der Waals surface area contributed by atoms with Gasteiger partial charge < -0.3 is 5.32 Å². The van der Waals surface area contributed by atoms with Crippen LogP contribution in [0.3, 0.4) is 0 Å². The van der Waals surface area contributed by atoms with Gasteiger partial charge in [0, 0.05) is 13.2 Å². The number of aryl methyl sites for hydroxylation is 1. The maximum absolute atomic E-state index is 12.5. The molecule has 82 valence electrons. The number of hydrogen-bond donors (Lipinski definition) is 1. The number of rotatable bonds is 2. The first kappa shape index (κ1) is 10.3. The average Bonchev–Trinajstić information content (AvgIpc) is 2.68. The summed E-state index contributed by atoms with van der Waals surface area (Å²) in [4.78, 5) is 15.1. The molecule has 5 nitrogen and oxygen atoms in total. The lowest BCUT2D eigenvalue weighted by molar-refractivity contribution is 0.102. The molecule has 0 atom stereocenters. The number of hydrogen-bond acceptors (Lipinski definition) is 3. The third kappa shape index (κ3) is 2.22. The van der Waals surface area contributed by atoms with Crippen molar-refractivity contribution in [2.45, 2.75) is 0 Å². The lowest BCUT2D eigenvalue weighted by Crippen LogP contribution is -2.11. The standard InChI is InChI=1S/C10H9FN4O/c1-15-6-7(4-13-15)10(16)14-8-2-3-9(11)12-5-8/h2-6H,1H3,(H,14,16). The van der Waals surface area contributed by atoms with Gasteiger partial charge in [0.2, 0.25) is 5.95 Å².